The predicted molar refractivity (Wildman–Crippen MR) is 272 cm³/mol. The highest BCUT2D eigenvalue weighted by atomic mass is 19.3. The molecule has 73 heavy (non-hydrogen) atoms. The lowest BCUT2D eigenvalue weighted by atomic mass is 9.80. The van der Waals surface area contributed by atoms with E-state index in [4.69, 9.17) is 30.4 Å². The van der Waals surface area contributed by atoms with Crippen molar-refractivity contribution in [2.24, 2.45) is 11.7 Å². The summed E-state index contributed by atoms with van der Waals surface area (Å²) >= 11 is 0. The van der Waals surface area contributed by atoms with Gasteiger partial charge in [-0.1, -0.05) is 42.5 Å². The van der Waals surface area contributed by atoms with Crippen molar-refractivity contribution in [3.8, 4) is 45.0 Å². The van der Waals surface area contributed by atoms with Crippen LogP contribution in [0.2, 0.25) is 0 Å². The van der Waals surface area contributed by atoms with Gasteiger partial charge >= 0.3 is 6.09 Å². The van der Waals surface area contributed by atoms with Crippen LogP contribution in [0.3, 0.4) is 0 Å². The number of nitrogens with one attached hydrogen (secondary N) is 4. The molecule has 1 unspecified atom stereocenters. The summed E-state index contributed by atoms with van der Waals surface area (Å²) in [4.78, 5) is 51.2. The summed E-state index contributed by atoms with van der Waals surface area (Å²) < 4.78 is 34.2. The summed E-state index contributed by atoms with van der Waals surface area (Å²) in [5.41, 5.74) is 16.5. The van der Waals surface area contributed by atoms with Crippen molar-refractivity contribution in [2.45, 2.75) is 90.2 Å². The molecule has 8 aromatic rings. The smallest absolute Gasteiger partial charge is 0.411 e. The average molecular weight is 982 g/mol. The third-order valence-corrected chi connectivity index (χ3v) is 13.9. The van der Waals surface area contributed by atoms with E-state index in [2.05, 4.69) is 37.1 Å². The number of hydrogen-bond donors (Lipinski definition) is 5. The van der Waals surface area contributed by atoms with E-state index in [-0.39, 0.29) is 38.5 Å². The fourth-order valence-electron chi connectivity index (χ4n) is 10.1. The molecule has 16 nitrogen and oxygen atoms in total. The van der Waals surface area contributed by atoms with Crippen molar-refractivity contribution in [2.75, 3.05) is 10.6 Å². The molecule has 4 aromatic carbocycles. The first-order valence-electron chi connectivity index (χ1n) is 24.2. The van der Waals surface area contributed by atoms with Gasteiger partial charge in [0.15, 0.2) is 11.6 Å². The highest BCUT2D eigenvalue weighted by Crippen LogP contribution is 2.47. The predicted octanol–water partition coefficient (Wildman–Crippen LogP) is 10.4. The lowest BCUT2D eigenvalue weighted by Crippen LogP contribution is -2.46. The molecule has 0 saturated heterocycles. The Bertz CT molecular complexity index is 3350. The molecule has 2 amide bonds. The van der Waals surface area contributed by atoms with Gasteiger partial charge in [-0.3, -0.25) is 19.9 Å². The number of amides is 2. The van der Waals surface area contributed by atoms with E-state index in [0.717, 1.165) is 67.0 Å². The number of nitrogens with zero attached hydrogens (tertiary/aromatic N) is 8. The summed E-state index contributed by atoms with van der Waals surface area (Å²) in [6, 6.07) is 27.7. The Labute approximate surface area is 419 Å². The van der Waals surface area contributed by atoms with Crippen molar-refractivity contribution in [3.63, 3.8) is 0 Å². The second-order valence-electron chi connectivity index (χ2n) is 20.2. The van der Waals surface area contributed by atoms with Crippen LogP contribution in [0.1, 0.15) is 73.9 Å². The Balaban J connectivity index is 0.967. The highest BCUT2D eigenvalue weighted by Gasteiger charge is 2.51. The molecule has 11 rings (SSSR count). The lowest BCUT2D eigenvalue weighted by Gasteiger charge is -2.38. The van der Waals surface area contributed by atoms with E-state index in [1.165, 1.54) is 0 Å². The maximum Gasteiger partial charge on any atom is 0.411 e. The standard InChI is InChI=1S/C55H53F2N13O3/c1-53(2,3)73-52(72)70-31-35-6-5-34(48-59-16-15-47(67-48)65-43-11-7-32(8-12-43)41-25-61-62-26-41)19-46(35)54(70,4)20-36-17-37-29-69(51(71)39-21-55(56,57)22-39)30-38(37)18-45(36)50-60-24-40(23-58)49(68-50)66-44-13-9-33(10-14-44)42-27-63-64-28-42/h5-19,24-28,39H,20-23,29-31,58H2,1-4H3,(H,61,62)(H,63,64)(H,59,65,67)(H,60,66,68). The number of H-pyrrole nitrogens is 2. The second kappa shape index (κ2) is 18.3. The third kappa shape index (κ3) is 9.48. The fourth-order valence-corrected chi connectivity index (χ4v) is 10.1. The number of rotatable bonds is 12. The van der Waals surface area contributed by atoms with Crippen LogP contribution in [0.4, 0.5) is 36.6 Å². The van der Waals surface area contributed by atoms with Gasteiger partial charge in [-0.2, -0.15) is 10.2 Å². The molecule has 1 aliphatic carbocycles. The van der Waals surface area contributed by atoms with Gasteiger partial charge in [0.25, 0.3) is 0 Å². The number of carbonyl (C=O) groups is 2. The van der Waals surface area contributed by atoms with Gasteiger partial charge < -0.3 is 26.0 Å². The van der Waals surface area contributed by atoms with Crippen molar-refractivity contribution in [1.82, 2.24) is 50.1 Å². The topological polar surface area (TPSA) is 209 Å². The van der Waals surface area contributed by atoms with E-state index in [1.807, 2.05) is 119 Å². The van der Waals surface area contributed by atoms with Crippen molar-refractivity contribution in [3.05, 3.63) is 155 Å². The van der Waals surface area contributed by atoms with Crippen molar-refractivity contribution in [1.29, 1.82) is 0 Å². The molecule has 0 spiro atoms. The molecule has 370 valence electrons. The van der Waals surface area contributed by atoms with E-state index in [0.29, 0.717) is 34.4 Å². The number of halogens is 2. The Hall–Kier alpha value is -8.38. The zero-order valence-electron chi connectivity index (χ0n) is 40.7. The fraction of sp³-hybridized carbons (Fsp3) is 0.273. The summed E-state index contributed by atoms with van der Waals surface area (Å²) in [6.45, 7) is 8.48. The van der Waals surface area contributed by atoms with Crippen LogP contribution in [0.25, 0.3) is 45.0 Å². The van der Waals surface area contributed by atoms with E-state index >= 15 is 0 Å². The number of anilines is 4. The molecular weight excluding hydrogens is 929 g/mol. The number of alkyl halides is 2. The molecule has 0 bridgehead atoms. The third-order valence-electron chi connectivity index (χ3n) is 13.9. The van der Waals surface area contributed by atoms with Crippen LogP contribution in [0, 0.1) is 5.92 Å². The molecule has 2 aliphatic heterocycles. The number of ether oxygens (including phenoxy) is 1. The number of benzene rings is 4. The van der Waals surface area contributed by atoms with Crippen LogP contribution in [-0.2, 0) is 47.7 Å². The van der Waals surface area contributed by atoms with Crippen LogP contribution in [0.15, 0.2) is 122 Å². The van der Waals surface area contributed by atoms with Gasteiger partial charge in [0, 0.05) is 109 Å². The van der Waals surface area contributed by atoms with Gasteiger partial charge in [-0.15, -0.1) is 0 Å². The number of aromatic nitrogens is 8. The summed E-state index contributed by atoms with van der Waals surface area (Å²) in [7, 11) is 0. The monoisotopic (exact) mass is 981 g/mol. The lowest BCUT2D eigenvalue weighted by molar-refractivity contribution is -0.160. The van der Waals surface area contributed by atoms with Crippen LogP contribution in [-0.4, -0.2) is 73.7 Å². The number of nitrogens with two attached hydrogens (primary N) is 1. The SMILES string of the molecule is CC(C)(C)OC(=O)N1Cc2ccc(-c3nccc(Nc4ccc(-c5cn[nH]c5)cc4)n3)cc2C1(C)Cc1cc2c(cc1-c1ncc(CN)c(Nc3ccc(-c4cn[nH]c4)cc3)n1)CN(C(=O)C1CC(F)(F)C1)C2. The van der Waals surface area contributed by atoms with Gasteiger partial charge in [-0.05, 0) is 109 Å². The Morgan fingerprint density at radius 3 is 2.00 bits per heavy atom. The molecule has 18 heteroatoms. The van der Waals surface area contributed by atoms with Crippen LogP contribution in [0.5, 0.6) is 0 Å². The molecule has 4 aromatic heterocycles. The van der Waals surface area contributed by atoms with E-state index < -0.39 is 41.9 Å². The average Bonchev–Trinajstić information content (AvgIpc) is 4.21. The van der Waals surface area contributed by atoms with Gasteiger partial charge in [0.2, 0.25) is 11.8 Å². The Kier molecular flexibility index (Phi) is 11.8. The summed E-state index contributed by atoms with van der Waals surface area (Å²) in [6.07, 6.45) is 9.50. The first kappa shape index (κ1) is 47.0. The number of fused-ring (bicyclic) bond motifs is 2. The summed E-state index contributed by atoms with van der Waals surface area (Å²) in [5.74, 6) is -1.87. The maximum absolute atomic E-state index is 14.5. The van der Waals surface area contributed by atoms with Gasteiger partial charge in [0.05, 0.1) is 24.5 Å². The molecule has 6 heterocycles. The normalized spacial score (nSPS) is 17.0. The van der Waals surface area contributed by atoms with E-state index in [9.17, 15) is 18.4 Å². The molecule has 0 radical (unpaired) electrons. The van der Waals surface area contributed by atoms with Gasteiger partial charge in [0.1, 0.15) is 17.2 Å². The minimum atomic E-state index is -2.83. The molecule has 1 atom stereocenters. The quantitative estimate of drug-likeness (QED) is 0.0775. The molecule has 3 aliphatic rings. The van der Waals surface area contributed by atoms with Crippen molar-refractivity contribution >= 4 is 35.0 Å². The van der Waals surface area contributed by atoms with Crippen LogP contribution < -0.4 is 16.4 Å². The zero-order chi connectivity index (χ0) is 50.6. The van der Waals surface area contributed by atoms with E-state index in [1.54, 1.807) is 34.6 Å². The minimum Gasteiger partial charge on any atom is -0.444 e. The number of aromatic amines is 2. The zero-order valence-corrected chi connectivity index (χ0v) is 40.7. The second-order valence-corrected chi connectivity index (χ2v) is 20.2. The van der Waals surface area contributed by atoms with Gasteiger partial charge in [-0.25, -0.2) is 33.5 Å². The Morgan fingerprint density at radius 2 is 1.38 bits per heavy atom. The molecule has 1 fully saturated rings. The number of hydrogen-bond acceptors (Lipinski definition) is 12. The molecule has 1 saturated carbocycles. The highest BCUT2D eigenvalue weighted by molar-refractivity contribution is 5.81. The molecule has 6 N–H and O–H groups in total. The summed E-state index contributed by atoms with van der Waals surface area (Å²) in [5, 5.41) is 20.7. The Morgan fingerprint density at radius 1 is 0.740 bits per heavy atom. The maximum atomic E-state index is 14.5. The first-order valence-corrected chi connectivity index (χ1v) is 24.2. The minimum absolute atomic E-state index is 0.161. The van der Waals surface area contributed by atoms with Crippen molar-refractivity contribution < 1.29 is 23.1 Å². The molecular formula is C55H53F2N13O3. The number of carbonyl (C=O) groups excluding carboxylic acids is 2. The largest absolute Gasteiger partial charge is 0.444 e. The van der Waals surface area contributed by atoms with Crippen LogP contribution >= 0.6 is 0 Å². The first-order chi connectivity index (χ1) is 35.1.